The molecule has 1 aromatic rings. The summed E-state index contributed by atoms with van der Waals surface area (Å²) in [5.74, 6) is 1.79. The molecule has 0 spiro atoms. The zero-order valence-electron chi connectivity index (χ0n) is 11.1. The van der Waals surface area contributed by atoms with E-state index in [9.17, 15) is 0 Å². The largest absolute Gasteiger partial charge is 0.370 e. The van der Waals surface area contributed by atoms with Crippen molar-refractivity contribution in [1.82, 2.24) is 0 Å². The molecule has 3 nitrogen and oxygen atoms in total. The van der Waals surface area contributed by atoms with Gasteiger partial charge in [0.25, 0.3) is 0 Å². The van der Waals surface area contributed by atoms with Crippen LogP contribution in [0, 0.1) is 13.8 Å². The number of hydrogen-bond donors (Lipinski definition) is 2. The van der Waals surface area contributed by atoms with Gasteiger partial charge < -0.3 is 11.1 Å². The normalized spacial score (nSPS) is 20.1. The second-order valence-electron chi connectivity index (χ2n) is 4.78. The van der Waals surface area contributed by atoms with E-state index in [2.05, 4.69) is 36.3 Å². The number of nitrogens with two attached hydrogens (primary N) is 1. The van der Waals surface area contributed by atoms with Crippen molar-refractivity contribution in [3.8, 4) is 0 Å². The second kappa shape index (κ2) is 6.14. The molecule has 0 amide bonds. The van der Waals surface area contributed by atoms with Gasteiger partial charge in [-0.1, -0.05) is 6.07 Å². The summed E-state index contributed by atoms with van der Waals surface area (Å²) in [5.41, 5.74) is 9.47. The second-order valence-corrected chi connectivity index (χ2v) is 6.19. The van der Waals surface area contributed by atoms with Gasteiger partial charge in [0.1, 0.15) is 0 Å². The number of aryl methyl sites for hydroxylation is 2. The third-order valence-corrected chi connectivity index (χ3v) is 4.65. The standard InChI is InChI=1S/C14H21N3S/c1-10-5-6-12(8-11(10)2)17-14(15)16-9-13-4-3-7-18-13/h5-6,8,13H,3-4,7,9H2,1-2H3,(H3,15,16,17). The number of benzene rings is 1. The Balaban J connectivity index is 1.90. The Labute approximate surface area is 113 Å². The number of aliphatic imine (C=N–C) groups is 1. The first-order valence-corrected chi connectivity index (χ1v) is 7.46. The summed E-state index contributed by atoms with van der Waals surface area (Å²) >= 11 is 2.00. The van der Waals surface area contributed by atoms with E-state index in [1.807, 2.05) is 17.8 Å². The zero-order chi connectivity index (χ0) is 13.0. The first-order valence-electron chi connectivity index (χ1n) is 6.41. The molecule has 3 N–H and O–H groups in total. The van der Waals surface area contributed by atoms with Crippen LogP contribution in [0.4, 0.5) is 5.69 Å². The molecule has 1 aliphatic rings. The molecule has 1 atom stereocenters. The maximum atomic E-state index is 5.90. The first kappa shape index (κ1) is 13.3. The van der Waals surface area contributed by atoms with Crippen LogP contribution in [0.15, 0.2) is 23.2 Å². The Morgan fingerprint density at radius 2 is 2.28 bits per heavy atom. The van der Waals surface area contributed by atoms with Crippen molar-refractivity contribution in [2.75, 3.05) is 17.6 Å². The van der Waals surface area contributed by atoms with Gasteiger partial charge in [-0.15, -0.1) is 0 Å². The predicted molar refractivity (Wildman–Crippen MR) is 81.5 cm³/mol. The Morgan fingerprint density at radius 3 is 2.94 bits per heavy atom. The van der Waals surface area contributed by atoms with Crippen molar-refractivity contribution in [3.05, 3.63) is 29.3 Å². The van der Waals surface area contributed by atoms with Crippen molar-refractivity contribution in [1.29, 1.82) is 0 Å². The van der Waals surface area contributed by atoms with Crippen LogP contribution in [-0.4, -0.2) is 23.5 Å². The Bertz CT molecular complexity index is 437. The number of nitrogens with zero attached hydrogens (tertiary/aromatic N) is 1. The summed E-state index contributed by atoms with van der Waals surface area (Å²) in [7, 11) is 0. The fourth-order valence-corrected chi connectivity index (χ4v) is 3.18. The number of nitrogens with one attached hydrogen (secondary N) is 1. The minimum Gasteiger partial charge on any atom is -0.370 e. The number of rotatable bonds is 3. The number of guanidine groups is 1. The Kier molecular flexibility index (Phi) is 4.53. The molecule has 1 unspecified atom stereocenters. The molecule has 1 heterocycles. The predicted octanol–water partition coefficient (Wildman–Crippen LogP) is 2.93. The molecular formula is C14H21N3S. The average Bonchev–Trinajstić information content (AvgIpc) is 2.84. The molecule has 1 aliphatic heterocycles. The molecule has 4 heteroatoms. The van der Waals surface area contributed by atoms with Crippen LogP contribution in [0.3, 0.4) is 0 Å². The minimum atomic E-state index is 0.519. The molecule has 98 valence electrons. The zero-order valence-corrected chi connectivity index (χ0v) is 11.9. The van der Waals surface area contributed by atoms with E-state index in [-0.39, 0.29) is 0 Å². The van der Waals surface area contributed by atoms with E-state index < -0.39 is 0 Å². The Morgan fingerprint density at radius 1 is 1.44 bits per heavy atom. The third kappa shape index (κ3) is 3.67. The van der Waals surface area contributed by atoms with Crippen LogP contribution in [0.5, 0.6) is 0 Å². The van der Waals surface area contributed by atoms with Gasteiger partial charge in [0.2, 0.25) is 0 Å². The summed E-state index contributed by atoms with van der Waals surface area (Å²) in [6.45, 7) is 5.03. The highest BCUT2D eigenvalue weighted by Crippen LogP contribution is 2.26. The smallest absolute Gasteiger partial charge is 0.193 e. The molecular weight excluding hydrogens is 242 g/mol. The van der Waals surface area contributed by atoms with Crippen molar-refractivity contribution >= 4 is 23.4 Å². The maximum absolute atomic E-state index is 5.90. The van der Waals surface area contributed by atoms with Crippen LogP contribution in [0.25, 0.3) is 0 Å². The maximum Gasteiger partial charge on any atom is 0.193 e. The van der Waals surface area contributed by atoms with Crippen LogP contribution < -0.4 is 11.1 Å². The van der Waals surface area contributed by atoms with Crippen molar-refractivity contribution in [2.24, 2.45) is 10.7 Å². The van der Waals surface area contributed by atoms with E-state index in [0.717, 1.165) is 12.2 Å². The molecule has 0 aliphatic carbocycles. The fraction of sp³-hybridized carbons (Fsp3) is 0.500. The molecule has 18 heavy (non-hydrogen) atoms. The average molecular weight is 263 g/mol. The summed E-state index contributed by atoms with van der Waals surface area (Å²) in [5, 5.41) is 3.81. The summed E-state index contributed by atoms with van der Waals surface area (Å²) in [4.78, 5) is 4.42. The van der Waals surface area contributed by atoms with Gasteiger partial charge in [-0.2, -0.15) is 11.8 Å². The lowest BCUT2D eigenvalue weighted by Gasteiger charge is -2.09. The van der Waals surface area contributed by atoms with Gasteiger partial charge in [-0.05, 0) is 55.7 Å². The molecule has 0 aromatic heterocycles. The molecule has 0 radical (unpaired) electrons. The third-order valence-electron chi connectivity index (χ3n) is 3.27. The van der Waals surface area contributed by atoms with E-state index in [1.54, 1.807) is 0 Å². The van der Waals surface area contributed by atoms with Crippen LogP contribution in [0.2, 0.25) is 0 Å². The number of anilines is 1. The molecule has 1 saturated heterocycles. The SMILES string of the molecule is Cc1ccc(NC(N)=NCC2CCCS2)cc1C. The van der Waals surface area contributed by atoms with Crippen LogP contribution >= 0.6 is 11.8 Å². The lowest BCUT2D eigenvalue weighted by Crippen LogP contribution is -2.24. The van der Waals surface area contributed by atoms with Crippen molar-refractivity contribution in [2.45, 2.75) is 31.9 Å². The minimum absolute atomic E-state index is 0.519. The van der Waals surface area contributed by atoms with Crippen LogP contribution in [-0.2, 0) is 0 Å². The van der Waals surface area contributed by atoms with Gasteiger partial charge in [0, 0.05) is 10.9 Å². The van der Waals surface area contributed by atoms with Gasteiger partial charge in [-0.25, -0.2) is 0 Å². The van der Waals surface area contributed by atoms with Crippen LogP contribution in [0.1, 0.15) is 24.0 Å². The van der Waals surface area contributed by atoms with Crippen molar-refractivity contribution in [3.63, 3.8) is 0 Å². The van der Waals surface area contributed by atoms with Gasteiger partial charge in [0.05, 0.1) is 6.54 Å². The van der Waals surface area contributed by atoms with E-state index in [1.165, 1.54) is 29.7 Å². The summed E-state index contributed by atoms with van der Waals surface area (Å²) < 4.78 is 0. The molecule has 2 rings (SSSR count). The van der Waals surface area contributed by atoms with E-state index >= 15 is 0 Å². The highest BCUT2D eigenvalue weighted by Gasteiger charge is 2.14. The molecule has 1 aromatic carbocycles. The number of thioether (sulfide) groups is 1. The highest BCUT2D eigenvalue weighted by molar-refractivity contribution is 8.00. The lowest BCUT2D eigenvalue weighted by molar-refractivity contribution is 0.786. The lowest BCUT2D eigenvalue weighted by atomic mass is 10.1. The molecule has 1 fully saturated rings. The number of hydrogen-bond acceptors (Lipinski definition) is 2. The molecule has 0 bridgehead atoms. The van der Waals surface area contributed by atoms with E-state index in [0.29, 0.717) is 11.2 Å². The molecule has 0 saturated carbocycles. The summed E-state index contributed by atoms with van der Waals surface area (Å²) in [6, 6.07) is 6.23. The van der Waals surface area contributed by atoms with E-state index in [4.69, 9.17) is 5.73 Å². The van der Waals surface area contributed by atoms with Gasteiger partial charge in [-0.3, -0.25) is 4.99 Å². The van der Waals surface area contributed by atoms with Gasteiger partial charge >= 0.3 is 0 Å². The summed E-state index contributed by atoms with van der Waals surface area (Å²) in [6.07, 6.45) is 2.58. The monoisotopic (exact) mass is 263 g/mol. The Hall–Kier alpha value is -1.16. The first-order chi connectivity index (χ1) is 8.65. The van der Waals surface area contributed by atoms with Gasteiger partial charge in [0.15, 0.2) is 5.96 Å². The fourth-order valence-electron chi connectivity index (χ4n) is 2.00. The topological polar surface area (TPSA) is 50.4 Å². The quantitative estimate of drug-likeness (QED) is 0.651. The highest BCUT2D eigenvalue weighted by atomic mass is 32.2. The van der Waals surface area contributed by atoms with Crippen molar-refractivity contribution < 1.29 is 0 Å².